The Bertz CT molecular complexity index is 552. The molecule has 0 saturated heterocycles. The number of carboxylic acids is 1. The van der Waals surface area contributed by atoms with Gasteiger partial charge in [-0.15, -0.1) is 0 Å². The lowest BCUT2D eigenvalue weighted by molar-refractivity contribution is -0.145. The number of amides is 3. The number of thioether (sulfide) groups is 1. The second-order valence-corrected chi connectivity index (χ2v) is 7.66. The minimum absolute atomic E-state index is 0.0425. The molecule has 0 heterocycles. The molecule has 0 spiro atoms. The van der Waals surface area contributed by atoms with Crippen LogP contribution in [0.2, 0.25) is 0 Å². The number of carboxylic acid groups (broad SMARTS) is 1. The monoisotopic (exact) mass is 456 g/mol. The van der Waals surface area contributed by atoms with Crippen molar-refractivity contribution in [2.24, 2.45) is 5.73 Å². The van der Waals surface area contributed by atoms with Crippen molar-refractivity contribution < 1.29 is 29.4 Å². The minimum atomic E-state index is -1.52. The lowest BCUT2D eigenvalue weighted by Crippen LogP contribution is -2.58. The Hall–Kier alpha value is -1.15. The molecule has 162 valence electrons. The van der Waals surface area contributed by atoms with Gasteiger partial charge in [-0.1, -0.05) is 0 Å². The number of aliphatic hydroxyl groups is 1. The standard InChI is InChI=1S/C15H28N4O6S3/c1-7(20)11(15(24)25)19-13(22)9(3-4-28-2)17-14(23)10(6-27)18-12(21)8(16)5-26/h7-11,20,26-27H,3-6,16H2,1-2H3,(H,17,23)(H,18,21)(H,19,22)(H,24,25). The van der Waals surface area contributed by atoms with Gasteiger partial charge >= 0.3 is 5.97 Å². The van der Waals surface area contributed by atoms with Crippen LogP contribution < -0.4 is 21.7 Å². The number of aliphatic carboxylic acids is 1. The first-order valence-corrected chi connectivity index (χ1v) is 11.0. The third-order valence-electron chi connectivity index (χ3n) is 3.64. The fraction of sp³-hybridized carbons (Fsp3) is 0.733. The van der Waals surface area contributed by atoms with E-state index in [1.165, 1.54) is 18.7 Å². The van der Waals surface area contributed by atoms with Gasteiger partial charge in [0.25, 0.3) is 0 Å². The molecular formula is C15H28N4O6S3. The average molecular weight is 457 g/mol. The van der Waals surface area contributed by atoms with Crippen molar-refractivity contribution in [1.29, 1.82) is 0 Å². The molecule has 0 rings (SSSR count). The number of nitrogens with two attached hydrogens (primary N) is 1. The number of hydrogen-bond acceptors (Lipinski definition) is 9. The summed E-state index contributed by atoms with van der Waals surface area (Å²) in [4.78, 5) is 47.9. The number of carbonyl (C=O) groups is 4. The molecule has 0 radical (unpaired) electrons. The van der Waals surface area contributed by atoms with Crippen molar-refractivity contribution in [2.75, 3.05) is 23.5 Å². The predicted octanol–water partition coefficient (Wildman–Crippen LogP) is -2.15. The molecule has 0 fully saturated rings. The summed E-state index contributed by atoms with van der Waals surface area (Å²) in [7, 11) is 0. The van der Waals surface area contributed by atoms with E-state index in [0.29, 0.717) is 5.75 Å². The zero-order chi connectivity index (χ0) is 21.9. The van der Waals surface area contributed by atoms with Gasteiger partial charge in [0, 0.05) is 11.5 Å². The second-order valence-electron chi connectivity index (χ2n) is 5.94. The summed E-state index contributed by atoms with van der Waals surface area (Å²) in [5.74, 6) is -2.87. The van der Waals surface area contributed by atoms with Gasteiger partial charge in [0.2, 0.25) is 17.7 Å². The van der Waals surface area contributed by atoms with Crippen LogP contribution in [0.3, 0.4) is 0 Å². The van der Waals surface area contributed by atoms with Gasteiger partial charge in [0.1, 0.15) is 12.1 Å². The van der Waals surface area contributed by atoms with Crippen molar-refractivity contribution in [2.45, 2.75) is 43.6 Å². The van der Waals surface area contributed by atoms with E-state index in [1.54, 1.807) is 0 Å². The molecule has 28 heavy (non-hydrogen) atoms. The van der Waals surface area contributed by atoms with E-state index in [0.717, 1.165) is 0 Å². The van der Waals surface area contributed by atoms with Gasteiger partial charge in [0.05, 0.1) is 12.1 Å². The van der Waals surface area contributed by atoms with E-state index in [2.05, 4.69) is 41.2 Å². The van der Waals surface area contributed by atoms with Crippen LogP contribution in [-0.4, -0.2) is 87.7 Å². The lowest BCUT2D eigenvalue weighted by Gasteiger charge is -2.25. The number of nitrogens with one attached hydrogen (secondary N) is 3. The first kappa shape index (κ1) is 26.9. The Balaban J connectivity index is 5.18. The molecule has 7 N–H and O–H groups in total. The van der Waals surface area contributed by atoms with Gasteiger partial charge < -0.3 is 31.9 Å². The Kier molecular flexibility index (Phi) is 13.4. The van der Waals surface area contributed by atoms with Gasteiger partial charge in [-0.05, 0) is 25.4 Å². The summed E-state index contributed by atoms with van der Waals surface area (Å²) in [6.07, 6.45) is 0.696. The smallest absolute Gasteiger partial charge is 0.328 e. The number of aliphatic hydroxyl groups excluding tert-OH is 1. The summed E-state index contributed by atoms with van der Waals surface area (Å²) in [6.45, 7) is 1.23. The van der Waals surface area contributed by atoms with Gasteiger partial charge in [0.15, 0.2) is 6.04 Å². The second kappa shape index (κ2) is 13.9. The van der Waals surface area contributed by atoms with Gasteiger partial charge in [-0.25, -0.2) is 4.79 Å². The lowest BCUT2D eigenvalue weighted by atomic mass is 10.1. The number of thiol groups is 2. The summed E-state index contributed by atoms with van der Waals surface area (Å²) in [5, 5.41) is 25.7. The first-order chi connectivity index (χ1) is 13.1. The fourth-order valence-corrected chi connectivity index (χ4v) is 2.87. The highest BCUT2D eigenvalue weighted by Crippen LogP contribution is 2.04. The summed E-state index contributed by atoms with van der Waals surface area (Å²) in [6, 6.07) is -4.52. The van der Waals surface area contributed by atoms with Crippen LogP contribution in [0.15, 0.2) is 0 Å². The quantitative estimate of drug-likeness (QED) is 0.145. The number of carbonyl (C=O) groups excluding carboxylic acids is 3. The Morgan fingerprint density at radius 1 is 1.00 bits per heavy atom. The first-order valence-electron chi connectivity index (χ1n) is 8.37. The number of hydrogen-bond donors (Lipinski definition) is 8. The van der Waals surface area contributed by atoms with E-state index < -0.39 is 54.0 Å². The van der Waals surface area contributed by atoms with Crippen LogP contribution in [0.5, 0.6) is 0 Å². The van der Waals surface area contributed by atoms with Crippen LogP contribution in [0.1, 0.15) is 13.3 Å². The molecule has 5 unspecified atom stereocenters. The molecule has 3 amide bonds. The summed E-state index contributed by atoms with van der Waals surface area (Å²) >= 11 is 9.38. The van der Waals surface area contributed by atoms with Crippen molar-refractivity contribution >= 4 is 60.7 Å². The molecule has 13 heteroatoms. The largest absolute Gasteiger partial charge is 0.480 e. The van der Waals surface area contributed by atoms with Gasteiger partial charge in [-0.2, -0.15) is 37.0 Å². The topological polar surface area (TPSA) is 171 Å². The van der Waals surface area contributed by atoms with Crippen LogP contribution in [0.4, 0.5) is 0 Å². The maximum atomic E-state index is 12.5. The maximum absolute atomic E-state index is 12.5. The highest BCUT2D eigenvalue weighted by molar-refractivity contribution is 7.98. The molecule has 0 aliphatic carbocycles. The van der Waals surface area contributed by atoms with Crippen molar-refractivity contribution in [3.63, 3.8) is 0 Å². The highest BCUT2D eigenvalue weighted by Gasteiger charge is 2.31. The minimum Gasteiger partial charge on any atom is -0.480 e. The van der Waals surface area contributed by atoms with Crippen LogP contribution in [0, 0.1) is 0 Å². The molecule has 0 aromatic heterocycles. The van der Waals surface area contributed by atoms with E-state index in [4.69, 9.17) is 10.8 Å². The van der Waals surface area contributed by atoms with E-state index >= 15 is 0 Å². The van der Waals surface area contributed by atoms with Crippen LogP contribution in [-0.2, 0) is 19.2 Å². The Morgan fingerprint density at radius 2 is 1.54 bits per heavy atom. The molecule has 0 aromatic rings. The normalized spacial score (nSPS) is 16.2. The third-order valence-corrected chi connectivity index (χ3v) is 5.04. The molecule has 5 atom stereocenters. The summed E-state index contributed by atoms with van der Waals surface area (Å²) in [5.41, 5.74) is 5.56. The molecule has 0 bridgehead atoms. The van der Waals surface area contributed by atoms with Crippen molar-refractivity contribution in [3.8, 4) is 0 Å². The Labute approximate surface area is 179 Å². The molecule has 0 aliphatic heterocycles. The van der Waals surface area contributed by atoms with Gasteiger partial charge in [-0.3, -0.25) is 14.4 Å². The Morgan fingerprint density at radius 3 is 1.96 bits per heavy atom. The zero-order valence-corrected chi connectivity index (χ0v) is 18.2. The number of rotatable bonds is 13. The molecule has 10 nitrogen and oxygen atoms in total. The molecule has 0 aliphatic rings. The maximum Gasteiger partial charge on any atom is 0.328 e. The SMILES string of the molecule is CSCCC(NC(=O)C(CS)NC(=O)C(N)CS)C(=O)NC(C(=O)O)C(C)O. The van der Waals surface area contributed by atoms with E-state index in [9.17, 15) is 24.3 Å². The third kappa shape index (κ3) is 9.37. The van der Waals surface area contributed by atoms with E-state index in [-0.39, 0.29) is 17.9 Å². The van der Waals surface area contributed by atoms with E-state index in [1.807, 2.05) is 6.26 Å². The van der Waals surface area contributed by atoms with Crippen LogP contribution in [0.25, 0.3) is 0 Å². The molecular weight excluding hydrogens is 428 g/mol. The van der Waals surface area contributed by atoms with Crippen molar-refractivity contribution in [1.82, 2.24) is 16.0 Å². The average Bonchev–Trinajstić information content (AvgIpc) is 2.65. The predicted molar refractivity (Wildman–Crippen MR) is 114 cm³/mol. The zero-order valence-electron chi connectivity index (χ0n) is 15.6. The molecule has 0 saturated carbocycles. The van der Waals surface area contributed by atoms with Crippen molar-refractivity contribution in [3.05, 3.63) is 0 Å². The fourth-order valence-electron chi connectivity index (χ4n) is 1.98. The highest BCUT2D eigenvalue weighted by atomic mass is 32.2. The van der Waals surface area contributed by atoms with Crippen LogP contribution >= 0.6 is 37.0 Å². The molecule has 0 aromatic carbocycles. The summed E-state index contributed by atoms with van der Waals surface area (Å²) < 4.78 is 0.